The smallest absolute Gasteiger partial charge is 0.243 e. The Hall–Kier alpha value is -3.18. The first-order chi connectivity index (χ1) is 18.7. The molecule has 5 atom stereocenters. The average Bonchev–Trinajstić information content (AvgIpc) is 3.40. The van der Waals surface area contributed by atoms with Gasteiger partial charge >= 0.3 is 0 Å². The van der Waals surface area contributed by atoms with Crippen molar-refractivity contribution < 1.29 is 38.9 Å². The van der Waals surface area contributed by atoms with Gasteiger partial charge < -0.3 is 36.1 Å². The second-order valence-electron chi connectivity index (χ2n) is 11.9. The van der Waals surface area contributed by atoms with Crippen molar-refractivity contribution in [3.05, 3.63) is 23.8 Å². The van der Waals surface area contributed by atoms with Crippen LogP contribution < -0.4 is 21.1 Å². The molecule has 11 nitrogen and oxygen atoms in total. The SMILES string of the molecule is COc1ccc(C[C@H](NC(=O)[C@H](C)C(C(N)=O)C(C)(C)O)C(=O)N[C@@H](CC2CCCC2)C(=O)[C@@]2(C)CO2)cc1O. The highest BCUT2D eigenvalue weighted by molar-refractivity contribution is 5.98. The van der Waals surface area contributed by atoms with Gasteiger partial charge in [-0.25, -0.2) is 0 Å². The van der Waals surface area contributed by atoms with Crippen molar-refractivity contribution in [3.8, 4) is 11.5 Å². The van der Waals surface area contributed by atoms with Gasteiger partial charge in [-0.1, -0.05) is 38.7 Å². The van der Waals surface area contributed by atoms with Gasteiger partial charge in [-0.05, 0) is 50.8 Å². The van der Waals surface area contributed by atoms with E-state index in [1.807, 2.05) is 0 Å². The highest BCUT2D eigenvalue weighted by Crippen LogP contribution is 2.34. The van der Waals surface area contributed by atoms with Gasteiger partial charge in [-0.2, -0.15) is 0 Å². The lowest BCUT2D eigenvalue weighted by molar-refractivity contribution is -0.142. The summed E-state index contributed by atoms with van der Waals surface area (Å²) in [6.45, 7) is 6.21. The molecule has 1 aliphatic heterocycles. The average molecular weight is 562 g/mol. The second-order valence-corrected chi connectivity index (χ2v) is 11.9. The topological polar surface area (TPSA) is 181 Å². The van der Waals surface area contributed by atoms with Gasteiger partial charge in [0.2, 0.25) is 17.7 Å². The van der Waals surface area contributed by atoms with E-state index in [4.69, 9.17) is 15.2 Å². The maximum Gasteiger partial charge on any atom is 0.243 e. The largest absolute Gasteiger partial charge is 0.504 e. The molecule has 0 spiro atoms. The number of aromatic hydroxyl groups is 1. The van der Waals surface area contributed by atoms with Crippen LogP contribution in [0.25, 0.3) is 0 Å². The lowest BCUT2D eigenvalue weighted by atomic mass is 9.80. The van der Waals surface area contributed by atoms with E-state index in [0.717, 1.165) is 25.7 Å². The number of hydrogen-bond acceptors (Lipinski definition) is 8. The number of rotatable bonds is 14. The lowest BCUT2D eigenvalue weighted by Crippen LogP contribution is -2.56. The number of ether oxygens (including phenoxy) is 2. The Kier molecular flexibility index (Phi) is 9.84. The van der Waals surface area contributed by atoms with Crippen molar-refractivity contribution in [3.63, 3.8) is 0 Å². The Morgan fingerprint density at radius 3 is 2.25 bits per heavy atom. The Morgan fingerprint density at radius 1 is 1.15 bits per heavy atom. The first kappa shape index (κ1) is 31.3. The fourth-order valence-electron chi connectivity index (χ4n) is 5.67. The number of amides is 3. The third-order valence-electron chi connectivity index (χ3n) is 8.07. The van der Waals surface area contributed by atoms with E-state index in [1.54, 1.807) is 19.1 Å². The predicted octanol–water partition coefficient (Wildman–Crippen LogP) is 1.36. The van der Waals surface area contributed by atoms with Crippen molar-refractivity contribution in [1.82, 2.24) is 10.6 Å². The molecule has 3 amide bonds. The van der Waals surface area contributed by atoms with Gasteiger partial charge in [0.05, 0.1) is 31.3 Å². The predicted molar refractivity (Wildman–Crippen MR) is 146 cm³/mol. The summed E-state index contributed by atoms with van der Waals surface area (Å²) >= 11 is 0. The molecular weight excluding hydrogens is 518 g/mol. The molecule has 1 aromatic carbocycles. The number of hydrogen-bond donors (Lipinski definition) is 5. The highest BCUT2D eigenvalue weighted by Gasteiger charge is 2.50. The molecule has 1 saturated carbocycles. The molecule has 11 heteroatoms. The summed E-state index contributed by atoms with van der Waals surface area (Å²) in [6.07, 6.45) is 4.56. The molecule has 222 valence electrons. The maximum atomic E-state index is 13.7. The van der Waals surface area contributed by atoms with Crippen LogP contribution in [0.3, 0.4) is 0 Å². The van der Waals surface area contributed by atoms with Crippen LogP contribution in [0.5, 0.6) is 11.5 Å². The zero-order valence-electron chi connectivity index (χ0n) is 24.0. The third-order valence-corrected chi connectivity index (χ3v) is 8.07. The number of Topliss-reactive ketones (excluding diaryl/α,β-unsaturated/α-hetero) is 1. The van der Waals surface area contributed by atoms with Gasteiger partial charge in [0.1, 0.15) is 11.6 Å². The van der Waals surface area contributed by atoms with Crippen LogP contribution in [0, 0.1) is 17.8 Å². The molecule has 0 bridgehead atoms. The van der Waals surface area contributed by atoms with Crippen LogP contribution >= 0.6 is 0 Å². The number of phenols is 1. The summed E-state index contributed by atoms with van der Waals surface area (Å²) in [5.41, 5.74) is 3.50. The number of carbonyl (C=O) groups excluding carboxylic acids is 4. The second kappa shape index (κ2) is 12.6. The summed E-state index contributed by atoms with van der Waals surface area (Å²) in [7, 11) is 1.41. The Bertz CT molecular complexity index is 1100. The van der Waals surface area contributed by atoms with Crippen molar-refractivity contribution >= 4 is 23.5 Å². The normalized spacial score (nSPS) is 22.1. The highest BCUT2D eigenvalue weighted by atomic mass is 16.6. The Morgan fingerprint density at radius 2 is 1.75 bits per heavy atom. The molecular formula is C29H43N3O8. The number of primary amides is 1. The summed E-state index contributed by atoms with van der Waals surface area (Å²) in [5, 5.41) is 26.3. The number of methoxy groups -OCH3 is 1. The van der Waals surface area contributed by atoms with E-state index in [1.165, 1.54) is 33.9 Å². The standard InChI is InChI=1S/C29H43N3O8/c1-16(23(25(30)35)28(2,3)38)26(36)32-20(13-18-10-11-22(39-5)21(33)14-18)27(37)31-19(12-17-8-6-7-9-17)24(34)29(4)15-40-29/h10-11,14,16-17,19-20,23,33,38H,6-9,12-13,15H2,1-5H3,(H2,30,35)(H,31,37)(H,32,36)/t16-,19+,20+,23?,29-/m1/s1. The van der Waals surface area contributed by atoms with Gasteiger partial charge in [0.25, 0.3) is 0 Å². The molecule has 3 rings (SSSR count). The summed E-state index contributed by atoms with van der Waals surface area (Å²) in [4.78, 5) is 52.4. The van der Waals surface area contributed by atoms with E-state index >= 15 is 0 Å². The molecule has 1 unspecified atom stereocenters. The van der Waals surface area contributed by atoms with Crippen LogP contribution in [0.15, 0.2) is 18.2 Å². The lowest BCUT2D eigenvalue weighted by Gasteiger charge is -2.32. The number of aliphatic hydroxyl groups is 1. The van der Waals surface area contributed by atoms with Crippen LogP contribution in [-0.2, 0) is 30.3 Å². The maximum absolute atomic E-state index is 13.7. The van der Waals surface area contributed by atoms with Gasteiger partial charge in [0, 0.05) is 12.3 Å². The number of nitrogens with two attached hydrogens (primary N) is 1. The summed E-state index contributed by atoms with van der Waals surface area (Å²) < 4.78 is 10.5. The molecule has 6 N–H and O–H groups in total. The molecule has 1 heterocycles. The molecule has 1 saturated heterocycles. The monoisotopic (exact) mass is 561 g/mol. The van der Waals surface area contributed by atoms with Crippen molar-refractivity contribution in [2.75, 3.05) is 13.7 Å². The molecule has 40 heavy (non-hydrogen) atoms. The summed E-state index contributed by atoms with van der Waals surface area (Å²) in [5.74, 6) is -4.18. The molecule has 2 aliphatic rings. The van der Waals surface area contributed by atoms with E-state index in [2.05, 4.69) is 10.6 Å². The van der Waals surface area contributed by atoms with Gasteiger partial charge in [0.15, 0.2) is 17.3 Å². The number of phenolic OH excluding ortho intramolecular Hbond substituents is 1. The molecule has 0 radical (unpaired) electrons. The van der Waals surface area contributed by atoms with Crippen molar-refractivity contribution in [2.45, 2.75) is 89.5 Å². The third kappa shape index (κ3) is 7.72. The van der Waals surface area contributed by atoms with Crippen molar-refractivity contribution in [2.24, 2.45) is 23.5 Å². The first-order valence-electron chi connectivity index (χ1n) is 13.8. The van der Waals surface area contributed by atoms with E-state index in [-0.39, 0.29) is 30.3 Å². The van der Waals surface area contributed by atoms with Gasteiger partial charge in [-0.15, -0.1) is 0 Å². The molecule has 0 aromatic heterocycles. The molecule has 2 fully saturated rings. The van der Waals surface area contributed by atoms with Crippen LogP contribution in [0.4, 0.5) is 0 Å². The molecule has 1 aromatic rings. The van der Waals surface area contributed by atoms with Gasteiger partial charge in [-0.3, -0.25) is 19.2 Å². The number of epoxide rings is 1. The van der Waals surface area contributed by atoms with Crippen LogP contribution in [-0.4, -0.2) is 70.7 Å². The van der Waals surface area contributed by atoms with E-state index < -0.39 is 52.8 Å². The van der Waals surface area contributed by atoms with Crippen molar-refractivity contribution in [1.29, 1.82) is 0 Å². The van der Waals surface area contributed by atoms with E-state index in [0.29, 0.717) is 17.9 Å². The first-order valence-corrected chi connectivity index (χ1v) is 13.8. The minimum atomic E-state index is -1.58. The zero-order chi connectivity index (χ0) is 29.8. The number of nitrogens with one attached hydrogen (secondary N) is 2. The quantitative estimate of drug-likeness (QED) is 0.211. The van der Waals surface area contributed by atoms with Crippen LogP contribution in [0.2, 0.25) is 0 Å². The minimum absolute atomic E-state index is 0.0241. The van der Waals surface area contributed by atoms with Crippen LogP contribution in [0.1, 0.15) is 65.4 Å². The fraction of sp³-hybridized carbons (Fsp3) is 0.655. The number of benzene rings is 1. The Labute approximate surface area is 235 Å². The number of ketones is 1. The number of carbonyl (C=O) groups is 4. The minimum Gasteiger partial charge on any atom is -0.504 e. The zero-order valence-corrected chi connectivity index (χ0v) is 24.0. The fourth-order valence-corrected chi connectivity index (χ4v) is 5.67. The summed E-state index contributed by atoms with van der Waals surface area (Å²) in [6, 6.07) is 2.67. The Balaban J connectivity index is 1.86. The molecule has 1 aliphatic carbocycles. The van der Waals surface area contributed by atoms with E-state index in [9.17, 15) is 29.4 Å².